The van der Waals surface area contributed by atoms with Crippen molar-refractivity contribution in [2.75, 3.05) is 38.3 Å². The number of carbonyl (C=O) groups excluding carboxylic acids is 1. The molecule has 186 valence electrons. The van der Waals surface area contributed by atoms with Crippen LogP contribution < -0.4 is 14.4 Å². The minimum absolute atomic E-state index is 0. The first kappa shape index (κ1) is 26.1. The average Bonchev–Trinajstić information content (AvgIpc) is 3.09. The van der Waals surface area contributed by atoms with Crippen molar-refractivity contribution in [3.8, 4) is 11.5 Å². The Morgan fingerprint density at radius 2 is 1.85 bits per heavy atom. The Morgan fingerprint density at radius 1 is 1.15 bits per heavy atom. The maximum Gasteiger partial charge on any atom is 0.417 e. The molecule has 0 N–H and O–H groups in total. The van der Waals surface area contributed by atoms with Crippen molar-refractivity contribution >= 4 is 24.0 Å². The summed E-state index contributed by atoms with van der Waals surface area (Å²) in [5.41, 5.74) is -0.540. The molecule has 0 unspecified atom stereocenters. The van der Waals surface area contributed by atoms with Crippen LogP contribution in [0, 0.1) is 12.8 Å². The SMILES string of the molecule is COc1ccc(N2Cc3nc(C)cc(C(F)(F)F)c3C2=O)cc1OCCN1CCC(C)CC1.Cl. The molecule has 0 saturated carbocycles. The third kappa shape index (κ3) is 5.41. The lowest BCUT2D eigenvalue weighted by atomic mass is 9.99. The van der Waals surface area contributed by atoms with Crippen molar-refractivity contribution in [1.82, 2.24) is 9.88 Å². The van der Waals surface area contributed by atoms with Crippen LogP contribution in [0.15, 0.2) is 24.3 Å². The van der Waals surface area contributed by atoms with E-state index in [0.29, 0.717) is 23.8 Å². The third-order valence-corrected chi connectivity index (χ3v) is 6.29. The van der Waals surface area contributed by atoms with Gasteiger partial charge >= 0.3 is 6.18 Å². The van der Waals surface area contributed by atoms with Crippen LogP contribution in [0.4, 0.5) is 18.9 Å². The van der Waals surface area contributed by atoms with Gasteiger partial charge in [0.15, 0.2) is 11.5 Å². The number of methoxy groups -OCH3 is 1. The number of amides is 1. The van der Waals surface area contributed by atoms with Crippen LogP contribution in [0.1, 0.15) is 47.1 Å². The lowest BCUT2D eigenvalue weighted by Gasteiger charge is -2.30. The molecule has 0 atom stereocenters. The molecular formula is C24H29ClF3N3O3. The number of likely N-dealkylation sites (tertiary alicyclic amines) is 1. The molecule has 34 heavy (non-hydrogen) atoms. The van der Waals surface area contributed by atoms with Gasteiger partial charge in [-0.15, -0.1) is 12.4 Å². The standard InChI is InChI=1S/C24H28F3N3O3.ClH/c1-15-6-8-29(9-7-15)10-11-33-21-13-17(4-5-20(21)32-3)30-14-19-22(23(30)31)18(24(25,26)27)12-16(2)28-19;/h4-5,12-13,15H,6-11,14H2,1-3H3;1H. The Labute approximate surface area is 203 Å². The minimum atomic E-state index is -4.64. The summed E-state index contributed by atoms with van der Waals surface area (Å²) in [5.74, 6) is 0.977. The smallest absolute Gasteiger partial charge is 0.417 e. The molecule has 0 bridgehead atoms. The molecule has 0 radical (unpaired) electrons. The second kappa shape index (κ2) is 10.4. The Hall–Kier alpha value is -2.52. The normalized spacial score (nSPS) is 16.9. The van der Waals surface area contributed by atoms with Crippen LogP contribution in [-0.2, 0) is 12.7 Å². The second-order valence-electron chi connectivity index (χ2n) is 8.73. The average molecular weight is 500 g/mol. The molecule has 1 saturated heterocycles. The Balaban J connectivity index is 0.00000324. The summed E-state index contributed by atoms with van der Waals surface area (Å²) in [7, 11) is 1.52. The zero-order valence-corrected chi connectivity index (χ0v) is 20.3. The fourth-order valence-corrected chi connectivity index (χ4v) is 4.40. The number of benzene rings is 1. The lowest BCUT2D eigenvalue weighted by Crippen LogP contribution is -2.35. The molecule has 1 amide bonds. The number of hydrogen-bond acceptors (Lipinski definition) is 5. The maximum atomic E-state index is 13.6. The Morgan fingerprint density at radius 3 is 2.50 bits per heavy atom. The number of nitrogens with zero attached hydrogens (tertiary/aromatic N) is 3. The van der Waals surface area contributed by atoms with E-state index in [1.54, 1.807) is 18.2 Å². The van der Waals surface area contributed by atoms with Crippen molar-refractivity contribution in [1.29, 1.82) is 0 Å². The van der Waals surface area contributed by atoms with Crippen LogP contribution in [0.3, 0.4) is 0 Å². The summed E-state index contributed by atoms with van der Waals surface area (Å²) in [5, 5.41) is 0. The van der Waals surface area contributed by atoms with Gasteiger partial charge in [-0.25, -0.2) is 0 Å². The molecule has 2 aliphatic rings. The number of aryl methyl sites for hydroxylation is 1. The zero-order chi connectivity index (χ0) is 23.8. The molecular weight excluding hydrogens is 471 g/mol. The van der Waals surface area contributed by atoms with E-state index in [0.717, 1.165) is 31.6 Å². The number of anilines is 1. The summed E-state index contributed by atoms with van der Waals surface area (Å²) >= 11 is 0. The number of piperidine rings is 1. The molecule has 3 heterocycles. The van der Waals surface area contributed by atoms with Crippen LogP contribution in [0.5, 0.6) is 11.5 Å². The van der Waals surface area contributed by atoms with Gasteiger partial charge in [0.2, 0.25) is 0 Å². The molecule has 2 aliphatic heterocycles. The lowest BCUT2D eigenvalue weighted by molar-refractivity contribution is -0.138. The Bertz CT molecular complexity index is 1040. The highest BCUT2D eigenvalue weighted by atomic mass is 35.5. The van der Waals surface area contributed by atoms with E-state index >= 15 is 0 Å². The summed E-state index contributed by atoms with van der Waals surface area (Å²) in [6.07, 6.45) is -2.29. The highest BCUT2D eigenvalue weighted by Crippen LogP contribution is 2.40. The number of rotatable bonds is 6. The first-order valence-corrected chi connectivity index (χ1v) is 11.1. The highest BCUT2D eigenvalue weighted by Gasteiger charge is 2.42. The van der Waals surface area contributed by atoms with Gasteiger partial charge < -0.3 is 14.4 Å². The van der Waals surface area contributed by atoms with Crippen LogP contribution in [-0.4, -0.2) is 49.1 Å². The molecule has 6 nitrogen and oxygen atoms in total. The number of fused-ring (bicyclic) bond motifs is 1. The molecule has 1 aromatic carbocycles. The van der Waals surface area contributed by atoms with Crippen molar-refractivity contribution in [2.45, 2.75) is 39.4 Å². The topological polar surface area (TPSA) is 54.9 Å². The fourth-order valence-electron chi connectivity index (χ4n) is 4.40. The van der Waals surface area contributed by atoms with Crippen molar-refractivity contribution < 1.29 is 27.4 Å². The summed E-state index contributed by atoms with van der Waals surface area (Å²) < 4.78 is 52.0. The van der Waals surface area contributed by atoms with Gasteiger partial charge in [0.25, 0.3) is 5.91 Å². The number of alkyl halides is 3. The number of ether oxygens (including phenoxy) is 2. The molecule has 4 rings (SSSR count). The number of halogens is 4. The van der Waals surface area contributed by atoms with E-state index in [-0.39, 0.29) is 35.9 Å². The van der Waals surface area contributed by atoms with Crippen molar-refractivity contribution in [3.05, 3.63) is 46.8 Å². The second-order valence-corrected chi connectivity index (χ2v) is 8.73. The maximum absolute atomic E-state index is 13.6. The number of pyridine rings is 1. The molecule has 0 spiro atoms. The molecule has 1 aromatic heterocycles. The quantitative estimate of drug-likeness (QED) is 0.553. The van der Waals surface area contributed by atoms with Gasteiger partial charge in [-0.2, -0.15) is 13.2 Å². The number of aromatic nitrogens is 1. The van der Waals surface area contributed by atoms with Crippen LogP contribution in [0.25, 0.3) is 0 Å². The van der Waals surface area contributed by atoms with Crippen LogP contribution in [0.2, 0.25) is 0 Å². The molecule has 1 fully saturated rings. The first-order chi connectivity index (χ1) is 15.7. The third-order valence-electron chi connectivity index (χ3n) is 6.29. The molecule has 10 heteroatoms. The van der Waals surface area contributed by atoms with E-state index in [4.69, 9.17) is 9.47 Å². The van der Waals surface area contributed by atoms with Crippen LogP contribution >= 0.6 is 12.4 Å². The van der Waals surface area contributed by atoms with E-state index in [2.05, 4.69) is 16.8 Å². The Kier molecular flexibility index (Phi) is 7.98. The molecule has 2 aromatic rings. The van der Waals surface area contributed by atoms with E-state index in [9.17, 15) is 18.0 Å². The summed E-state index contributed by atoms with van der Waals surface area (Å²) in [6, 6.07) is 5.86. The first-order valence-electron chi connectivity index (χ1n) is 11.1. The van der Waals surface area contributed by atoms with Gasteiger partial charge in [-0.3, -0.25) is 14.7 Å². The monoisotopic (exact) mass is 499 g/mol. The number of hydrogen-bond donors (Lipinski definition) is 0. The van der Waals surface area contributed by atoms with Gasteiger partial charge in [-0.1, -0.05) is 6.92 Å². The minimum Gasteiger partial charge on any atom is -0.493 e. The largest absolute Gasteiger partial charge is 0.493 e. The van der Waals surface area contributed by atoms with Gasteiger partial charge in [-0.05, 0) is 57.0 Å². The number of carbonyl (C=O) groups is 1. The summed E-state index contributed by atoms with van der Waals surface area (Å²) in [6.45, 7) is 7.01. The van der Waals surface area contributed by atoms with Gasteiger partial charge in [0.05, 0.1) is 30.5 Å². The predicted molar refractivity (Wildman–Crippen MR) is 125 cm³/mol. The van der Waals surface area contributed by atoms with E-state index < -0.39 is 17.6 Å². The van der Waals surface area contributed by atoms with E-state index in [1.807, 2.05) is 0 Å². The van der Waals surface area contributed by atoms with Crippen molar-refractivity contribution in [2.24, 2.45) is 5.92 Å². The highest BCUT2D eigenvalue weighted by molar-refractivity contribution is 6.10. The zero-order valence-electron chi connectivity index (χ0n) is 19.4. The summed E-state index contributed by atoms with van der Waals surface area (Å²) in [4.78, 5) is 20.8. The fraction of sp³-hybridized carbons (Fsp3) is 0.500. The van der Waals surface area contributed by atoms with Gasteiger partial charge in [0, 0.05) is 24.0 Å². The van der Waals surface area contributed by atoms with E-state index in [1.165, 1.54) is 31.8 Å². The van der Waals surface area contributed by atoms with Crippen molar-refractivity contribution in [3.63, 3.8) is 0 Å². The predicted octanol–water partition coefficient (Wildman–Crippen LogP) is 5.11. The van der Waals surface area contributed by atoms with Gasteiger partial charge in [0.1, 0.15) is 6.61 Å². The molecule has 0 aliphatic carbocycles.